The Bertz CT molecular complexity index is 1410. The zero-order chi connectivity index (χ0) is 25.4. The highest BCUT2D eigenvalue weighted by Crippen LogP contribution is 2.57. The van der Waals surface area contributed by atoms with E-state index in [2.05, 4.69) is 12.1 Å². The van der Waals surface area contributed by atoms with Crippen molar-refractivity contribution in [2.45, 2.75) is 43.6 Å². The van der Waals surface area contributed by atoms with E-state index in [4.69, 9.17) is 10.5 Å². The Hall–Kier alpha value is -4.11. The van der Waals surface area contributed by atoms with Gasteiger partial charge in [-0.1, -0.05) is 12.1 Å². The molecule has 1 spiro atoms. The number of hydrogen-bond acceptors (Lipinski definition) is 7. The molecule has 0 fully saturated rings. The molecule has 9 heteroatoms. The van der Waals surface area contributed by atoms with Crippen molar-refractivity contribution in [2.24, 2.45) is 5.73 Å². The van der Waals surface area contributed by atoms with Gasteiger partial charge in [-0.05, 0) is 76.4 Å². The lowest BCUT2D eigenvalue weighted by Gasteiger charge is -2.26. The van der Waals surface area contributed by atoms with Crippen LogP contribution in [0.15, 0.2) is 48.5 Å². The Kier molecular flexibility index (Phi) is 4.62. The van der Waals surface area contributed by atoms with Gasteiger partial charge >= 0.3 is 5.97 Å². The normalized spacial score (nSPS) is 17.3. The van der Waals surface area contributed by atoms with Crippen LogP contribution in [0.3, 0.4) is 0 Å². The Morgan fingerprint density at radius 2 is 1.28 bits per heavy atom. The summed E-state index contributed by atoms with van der Waals surface area (Å²) in [6.07, 6.45) is 1.86. The van der Waals surface area contributed by atoms with E-state index in [0.717, 1.165) is 44.5 Å². The van der Waals surface area contributed by atoms with E-state index in [1.54, 1.807) is 31.2 Å². The van der Waals surface area contributed by atoms with Gasteiger partial charge in [0.2, 0.25) is 0 Å². The van der Waals surface area contributed by atoms with Gasteiger partial charge in [0, 0.05) is 42.5 Å². The predicted octanol–water partition coefficient (Wildman–Crippen LogP) is 3.93. The number of nitro groups is 2. The molecule has 0 heterocycles. The van der Waals surface area contributed by atoms with Crippen molar-refractivity contribution >= 4 is 17.3 Å². The average molecular weight is 485 g/mol. The number of benzene rings is 3. The van der Waals surface area contributed by atoms with Gasteiger partial charge in [-0.15, -0.1) is 0 Å². The molecule has 182 valence electrons. The molecule has 0 saturated carbocycles. The number of nitro benzene ring substituents is 2. The van der Waals surface area contributed by atoms with Crippen molar-refractivity contribution in [3.8, 4) is 11.1 Å². The fraction of sp³-hybridized carbons (Fsp3) is 0.296. The molecule has 0 atom stereocenters. The molecule has 3 aromatic carbocycles. The highest BCUT2D eigenvalue weighted by Gasteiger charge is 2.50. The molecule has 2 N–H and O–H groups in total. The van der Waals surface area contributed by atoms with Crippen LogP contribution in [0.1, 0.15) is 40.3 Å². The van der Waals surface area contributed by atoms with Gasteiger partial charge in [0.25, 0.3) is 11.4 Å². The van der Waals surface area contributed by atoms with Crippen molar-refractivity contribution in [1.82, 2.24) is 0 Å². The van der Waals surface area contributed by atoms with Gasteiger partial charge in [-0.2, -0.15) is 0 Å². The second kappa shape index (κ2) is 7.44. The van der Waals surface area contributed by atoms with E-state index in [-0.39, 0.29) is 18.0 Å². The molecule has 3 aliphatic carbocycles. The number of ether oxygens (including phenoxy) is 1. The summed E-state index contributed by atoms with van der Waals surface area (Å²) in [7, 11) is 0. The lowest BCUT2D eigenvalue weighted by molar-refractivity contribution is -0.385. The van der Waals surface area contributed by atoms with Crippen LogP contribution in [0.5, 0.6) is 0 Å². The van der Waals surface area contributed by atoms with Crippen molar-refractivity contribution < 1.29 is 19.4 Å². The molecular weight excluding hydrogens is 462 g/mol. The first-order valence-corrected chi connectivity index (χ1v) is 11.8. The molecule has 9 nitrogen and oxygen atoms in total. The van der Waals surface area contributed by atoms with E-state index in [9.17, 15) is 25.0 Å². The maximum Gasteiger partial charge on any atom is 0.326 e. The van der Waals surface area contributed by atoms with Crippen LogP contribution < -0.4 is 5.73 Å². The Morgan fingerprint density at radius 1 is 0.833 bits per heavy atom. The summed E-state index contributed by atoms with van der Waals surface area (Å²) in [5, 5.41) is 23.2. The van der Waals surface area contributed by atoms with Gasteiger partial charge in [-0.25, -0.2) is 0 Å². The van der Waals surface area contributed by atoms with Gasteiger partial charge in [0.1, 0.15) is 5.54 Å². The standard InChI is InChI=1S/C27H23N3O6/c1-2-36-25(31)27(28)13-17-7-15-11-26(12-16(15)8-18(17)14-27)23-9-19(29(32)33)3-5-21(23)22-6-4-20(30(34)35)10-24(22)26/h3-10H,2,11-14,28H2,1H3. The minimum absolute atomic E-state index is 0.00349. The Morgan fingerprint density at radius 3 is 1.69 bits per heavy atom. The van der Waals surface area contributed by atoms with Crippen LogP contribution >= 0.6 is 0 Å². The number of nitrogens with two attached hydrogens (primary N) is 1. The molecule has 3 aliphatic rings. The van der Waals surface area contributed by atoms with Crippen molar-refractivity contribution in [2.75, 3.05) is 6.61 Å². The number of carbonyl (C=O) groups is 1. The van der Waals surface area contributed by atoms with Gasteiger partial charge in [0.15, 0.2) is 0 Å². The summed E-state index contributed by atoms with van der Waals surface area (Å²) in [5.41, 5.74) is 12.2. The van der Waals surface area contributed by atoms with Crippen LogP contribution in [0.25, 0.3) is 11.1 Å². The molecule has 3 aromatic rings. The minimum atomic E-state index is -1.08. The highest BCUT2D eigenvalue weighted by atomic mass is 16.6. The van der Waals surface area contributed by atoms with Gasteiger partial charge in [0.05, 0.1) is 16.5 Å². The molecule has 0 unspecified atom stereocenters. The number of rotatable bonds is 4. The SMILES string of the molecule is CCOC(=O)C1(N)Cc2cc3c(cc2C1)CC1(C3)c2cc([N+](=O)[O-])ccc2-c2ccc([N+](=O)[O-])cc21. The molecular formula is C27H23N3O6. The molecule has 36 heavy (non-hydrogen) atoms. The Balaban J connectivity index is 1.46. The monoisotopic (exact) mass is 485 g/mol. The summed E-state index contributed by atoms with van der Waals surface area (Å²) in [6, 6.07) is 13.9. The number of fused-ring (bicyclic) bond motifs is 7. The molecule has 0 aromatic heterocycles. The molecule has 0 aliphatic heterocycles. The first-order valence-electron chi connectivity index (χ1n) is 11.8. The van der Waals surface area contributed by atoms with Crippen molar-refractivity contribution in [3.63, 3.8) is 0 Å². The smallest absolute Gasteiger partial charge is 0.326 e. The van der Waals surface area contributed by atoms with Crippen LogP contribution in [-0.4, -0.2) is 28.0 Å². The second-order valence-electron chi connectivity index (χ2n) is 10.0. The third kappa shape index (κ3) is 3.02. The zero-order valence-corrected chi connectivity index (χ0v) is 19.6. The lowest BCUT2D eigenvalue weighted by atomic mass is 9.75. The summed E-state index contributed by atoms with van der Waals surface area (Å²) >= 11 is 0. The summed E-state index contributed by atoms with van der Waals surface area (Å²) in [4.78, 5) is 34.9. The summed E-state index contributed by atoms with van der Waals surface area (Å²) in [6.45, 7) is 2.02. The maximum absolute atomic E-state index is 12.5. The Labute approximate surface area is 206 Å². The summed E-state index contributed by atoms with van der Waals surface area (Å²) in [5.74, 6) is -0.406. The number of esters is 1. The fourth-order valence-corrected chi connectivity index (χ4v) is 6.40. The third-order valence-corrected chi connectivity index (χ3v) is 7.95. The molecule has 0 amide bonds. The lowest BCUT2D eigenvalue weighted by Crippen LogP contribution is -2.50. The molecule has 0 bridgehead atoms. The quantitative estimate of drug-likeness (QED) is 0.336. The van der Waals surface area contributed by atoms with Gasteiger partial charge < -0.3 is 10.5 Å². The second-order valence-corrected chi connectivity index (χ2v) is 10.0. The van der Waals surface area contributed by atoms with Crippen LogP contribution in [0.2, 0.25) is 0 Å². The van der Waals surface area contributed by atoms with Gasteiger partial charge in [-0.3, -0.25) is 25.0 Å². The van der Waals surface area contributed by atoms with Crippen LogP contribution in [0.4, 0.5) is 11.4 Å². The van der Waals surface area contributed by atoms with Crippen molar-refractivity contribution in [1.29, 1.82) is 0 Å². The number of carbonyl (C=O) groups excluding carboxylic acids is 1. The number of non-ortho nitro benzene ring substituents is 2. The zero-order valence-electron chi connectivity index (χ0n) is 19.6. The van der Waals surface area contributed by atoms with E-state index in [0.29, 0.717) is 25.7 Å². The molecule has 0 radical (unpaired) electrons. The van der Waals surface area contributed by atoms with Crippen LogP contribution in [-0.2, 0) is 40.6 Å². The topological polar surface area (TPSA) is 139 Å². The number of nitrogens with zero attached hydrogens (tertiary/aromatic N) is 2. The first-order chi connectivity index (χ1) is 17.1. The largest absolute Gasteiger partial charge is 0.465 e. The minimum Gasteiger partial charge on any atom is -0.465 e. The summed E-state index contributed by atoms with van der Waals surface area (Å²) < 4.78 is 5.20. The highest BCUT2D eigenvalue weighted by molar-refractivity contribution is 5.85. The van der Waals surface area contributed by atoms with Crippen molar-refractivity contribution in [3.05, 3.63) is 102 Å². The van der Waals surface area contributed by atoms with E-state index < -0.39 is 26.8 Å². The molecule has 0 saturated heterocycles. The van der Waals surface area contributed by atoms with E-state index in [1.807, 2.05) is 0 Å². The fourth-order valence-electron chi connectivity index (χ4n) is 6.40. The van der Waals surface area contributed by atoms with E-state index in [1.165, 1.54) is 12.1 Å². The van der Waals surface area contributed by atoms with E-state index >= 15 is 0 Å². The first kappa shape index (κ1) is 22.4. The third-order valence-electron chi connectivity index (χ3n) is 7.95. The predicted molar refractivity (Wildman–Crippen MR) is 131 cm³/mol. The maximum atomic E-state index is 12.5. The average Bonchev–Trinajstić information content (AvgIpc) is 3.46. The number of hydrogen-bond donors (Lipinski definition) is 1. The van der Waals surface area contributed by atoms with Crippen LogP contribution in [0, 0.1) is 20.2 Å². The molecule has 6 rings (SSSR count).